The van der Waals surface area contributed by atoms with Gasteiger partial charge in [0.15, 0.2) is 0 Å². The normalized spacial score (nSPS) is 12.5. The number of halogens is 1. The van der Waals surface area contributed by atoms with E-state index in [1.165, 1.54) is 6.42 Å². The highest BCUT2D eigenvalue weighted by atomic mass is 35.5. The van der Waals surface area contributed by atoms with Gasteiger partial charge in [0.2, 0.25) is 0 Å². The molecule has 0 amide bonds. The van der Waals surface area contributed by atoms with Gasteiger partial charge in [-0.2, -0.15) is 11.8 Å². The van der Waals surface area contributed by atoms with Crippen molar-refractivity contribution in [3.8, 4) is 0 Å². The first kappa shape index (κ1) is 17.4. The first-order valence-corrected chi connectivity index (χ1v) is 9.39. The fourth-order valence-corrected chi connectivity index (χ4v) is 2.78. The largest absolute Gasteiger partial charge is 0.384 e. The van der Waals surface area contributed by atoms with Gasteiger partial charge in [-0.1, -0.05) is 18.5 Å². The number of benzene rings is 1. The lowest BCUT2D eigenvalue weighted by atomic mass is 10.2. The number of hydrogen-bond donors (Lipinski definition) is 2. The Balaban J connectivity index is 1.74. The van der Waals surface area contributed by atoms with Crippen molar-refractivity contribution in [2.24, 2.45) is 0 Å². The molecule has 0 aliphatic rings. The van der Waals surface area contributed by atoms with E-state index in [1.54, 1.807) is 0 Å². The van der Waals surface area contributed by atoms with Gasteiger partial charge in [-0.3, -0.25) is 4.98 Å². The molecule has 2 aromatic rings. The van der Waals surface area contributed by atoms with Crippen LogP contribution in [0.3, 0.4) is 0 Å². The van der Waals surface area contributed by atoms with Crippen molar-refractivity contribution in [3.63, 3.8) is 0 Å². The van der Waals surface area contributed by atoms with Gasteiger partial charge in [-0.25, -0.2) is 0 Å². The van der Waals surface area contributed by atoms with Gasteiger partial charge in [0.1, 0.15) is 0 Å². The highest BCUT2D eigenvalue weighted by molar-refractivity contribution is 7.99. The lowest BCUT2D eigenvalue weighted by Gasteiger charge is -2.11. The Hall–Kier alpha value is -0.970. The van der Waals surface area contributed by atoms with Crippen molar-refractivity contribution in [2.45, 2.75) is 25.0 Å². The molecule has 5 heteroatoms. The van der Waals surface area contributed by atoms with Crippen LogP contribution in [0.5, 0.6) is 0 Å². The number of aromatic nitrogens is 1. The smallest absolute Gasteiger partial charge is 0.0737 e. The average molecular weight is 338 g/mol. The van der Waals surface area contributed by atoms with E-state index >= 15 is 0 Å². The Morgan fingerprint density at radius 2 is 2.09 bits per heavy atom. The third-order valence-electron chi connectivity index (χ3n) is 3.68. The molecule has 0 spiro atoms. The number of pyridine rings is 1. The van der Waals surface area contributed by atoms with Gasteiger partial charge in [0.25, 0.3) is 0 Å². The van der Waals surface area contributed by atoms with E-state index in [2.05, 4.69) is 28.8 Å². The number of fused-ring (bicyclic) bond motifs is 1. The second kappa shape index (κ2) is 9.23. The van der Waals surface area contributed by atoms with Gasteiger partial charge < -0.3 is 10.6 Å². The van der Waals surface area contributed by atoms with Crippen LogP contribution in [0.4, 0.5) is 5.69 Å². The lowest BCUT2D eigenvalue weighted by Crippen LogP contribution is -2.21. The second-order valence-electron chi connectivity index (χ2n) is 5.39. The molecule has 0 bridgehead atoms. The molecule has 1 unspecified atom stereocenters. The van der Waals surface area contributed by atoms with E-state index in [4.69, 9.17) is 11.6 Å². The maximum absolute atomic E-state index is 6.01. The van der Waals surface area contributed by atoms with Crippen LogP contribution >= 0.6 is 23.4 Å². The summed E-state index contributed by atoms with van der Waals surface area (Å²) < 4.78 is 0. The number of anilines is 1. The predicted molar refractivity (Wildman–Crippen MR) is 100 cm³/mol. The van der Waals surface area contributed by atoms with Crippen molar-refractivity contribution in [2.75, 3.05) is 31.2 Å². The third kappa shape index (κ3) is 5.34. The van der Waals surface area contributed by atoms with Gasteiger partial charge >= 0.3 is 0 Å². The molecule has 1 heterocycles. The van der Waals surface area contributed by atoms with Crippen LogP contribution in [0.15, 0.2) is 30.5 Å². The zero-order valence-electron chi connectivity index (χ0n) is 13.2. The Morgan fingerprint density at radius 3 is 2.91 bits per heavy atom. The first-order valence-electron chi connectivity index (χ1n) is 7.72. The van der Waals surface area contributed by atoms with Crippen LogP contribution in [0, 0.1) is 0 Å². The van der Waals surface area contributed by atoms with Crippen LogP contribution < -0.4 is 10.6 Å². The monoisotopic (exact) mass is 337 g/mol. The standard InChI is InChI=1S/C17H24ClN3S/c1-13(22-2)6-10-19-8-3-9-20-16-7-11-21-17-12-14(18)4-5-15(16)17/h4-5,7,11-13,19H,3,6,8-10H2,1-2H3,(H,20,21). The number of thioether (sulfide) groups is 1. The number of nitrogens with zero attached hydrogens (tertiary/aromatic N) is 1. The highest BCUT2D eigenvalue weighted by Crippen LogP contribution is 2.24. The van der Waals surface area contributed by atoms with Gasteiger partial charge in [0, 0.05) is 34.1 Å². The second-order valence-corrected chi connectivity index (χ2v) is 7.10. The number of rotatable bonds is 9. The molecular formula is C17H24ClN3S. The van der Waals surface area contributed by atoms with E-state index in [-0.39, 0.29) is 0 Å². The zero-order chi connectivity index (χ0) is 15.8. The fourth-order valence-electron chi connectivity index (χ4n) is 2.26. The molecule has 0 saturated heterocycles. The van der Waals surface area contributed by atoms with Crippen molar-refractivity contribution >= 4 is 40.0 Å². The molecule has 120 valence electrons. The molecule has 1 atom stereocenters. The summed E-state index contributed by atoms with van der Waals surface area (Å²) >= 11 is 7.93. The molecule has 2 rings (SSSR count). The van der Waals surface area contributed by atoms with Gasteiger partial charge in [-0.15, -0.1) is 0 Å². The minimum atomic E-state index is 0.723. The molecule has 0 aliphatic heterocycles. The van der Waals surface area contributed by atoms with Crippen molar-refractivity contribution in [3.05, 3.63) is 35.5 Å². The molecule has 1 aromatic heterocycles. The maximum atomic E-state index is 6.01. The van der Waals surface area contributed by atoms with Crippen molar-refractivity contribution < 1.29 is 0 Å². The molecule has 1 aromatic carbocycles. The Bertz CT molecular complexity index is 591. The third-order valence-corrected chi connectivity index (χ3v) is 4.96. The number of hydrogen-bond acceptors (Lipinski definition) is 4. The summed E-state index contributed by atoms with van der Waals surface area (Å²) in [7, 11) is 0. The van der Waals surface area contributed by atoms with E-state index in [1.807, 2.05) is 42.2 Å². The molecule has 0 saturated carbocycles. The van der Waals surface area contributed by atoms with E-state index in [9.17, 15) is 0 Å². The summed E-state index contributed by atoms with van der Waals surface area (Å²) in [6, 6.07) is 7.85. The first-order chi connectivity index (χ1) is 10.7. The molecule has 0 aliphatic carbocycles. The molecule has 22 heavy (non-hydrogen) atoms. The fraction of sp³-hybridized carbons (Fsp3) is 0.471. The summed E-state index contributed by atoms with van der Waals surface area (Å²) in [5, 5.41) is 9.57. The summed E-state index contributed by atoms with van der Waals surface area (Å²) in [6.07, 6.45) is 6.32. The number of nitrogens with one attached hydrogen (secondary N) is 2. The van der Waals surface area contributed by atoms with Gasteiger partial charge in [-0.05, 0) is 56.5 Å². The molecule has 0 radical (unpaired) electrons. The Morgan fingerprint density at radius 1 is 1.23 bits per heavy atom. The quantitative estimate of drug-likeness (QED) is 0.664. The Kier molecular flexibility index (Phi) is 7.30. The van der Waals surface area contributed by atoms with Crippen molar-refractivity contribution in [1.82, 2.24) is 10.3 Å². The van der Waals surface area contributed by atoms with E-state index in [0.717, 1.165) is 52.9 Å². The van der Waals surface area contributed by atoms with Gasteiger partial charge in [0.05, 0.1) is 5.52 Å². The SMILES string of the molecule is CSC(C)CCNCCCNc1ccnc2cc(Cl)ccc12. The van der Waals surface area contributed by atoms with Crippen LogP contribution in [-0.4, -0.2) is 36.1 Å². The molecular weight excluding hydrogens is 314 g/mol. The summed E-state index contributed by atoms with van der Waals surface area (Å²) in [5.41, 5.74) is 2.05. The molecule has 0 fully saturated rings. The predicted octanol–water partition coefficient (Wildman–Crippen LogP) is 4.42. The average Bonchev–Trinajstić information content (AvgIpc) is 2.53. The maximum Gasteiger partial charge on any atom is 0.0737 e. The van der Waals surface area contributed by atoms with E-state index in [0.29, 0.717) is 0 Å². The minimum absolute atomic E-state index is 0.723. The van der Waals surface area contributed by atoms with E-state index < -0.39 is 0 Å². The van der Waals surface area contributed by atoms with Crippen LogP contribution in [0.1, 0.15) is 19.8 Å². The van der Waals surface area contributed by atoms with Crippen LogP contribution in [0.25, 0.3) is 10.9 Å². The van der Waals surface area contributed by atoms with Crippen LogP contribution in [0.2, 0.25) is 5.02 Å². The Labute approximate surface area is 142 Å². The zero-order valence-corrected chi connectivity index (χ0v) is 14.8. The summed E-state index contributed by atoms with van der Waals surface area (Å²) in [6.45, 7) is 5.36. The summed E-state index contributed by atoms with van der Waals surface area (Å²) in [4.78, 5) is 4.36. The molecule has 2 N–H and O–H groups in total. The minimum Gasteiger partial charge on any atom is -0.384 e. The highest BCUT2D eigenvalue weighted by Gasteiger charge is 2.02. The van der Waals surface area contributed by atoms with Crippen molar-refractivity contribution in [1.29, 1.82) is 0 Å². The lowest BCUT2D eigenvalue weighted by molar-refractivity contribution is 0.631. The topological polar surface area (TPSA) is 37.0 Å². The summed E-state index contributed by atoms with van der Waals surface area (Å²) in [5.74, 6) is 0. The van der Waals surface area contributed by atoms with Crippen LogP contribution in [-0.2, 0) is 0 Å². The molecule has 3 nitrogen and oxygen atoms in total.